The smallest absolute Gasteiger partial charge is 0.230 e. The molecule has 0 unspecified atom stereocenters. The number of carbonyl (C=O) groups is 1. The summed E-state index contributed by atoms with van der Waals surface area (Å²) in [5.74, 6) is 0.537. The van der Waals surface area contributed by atoms with Crippen LogP contribution in [0.2, 0.25) is 5.02 Å². The second-order valence-corrected chi connectivity index (χ2v) is 8.96. The van der Waals surface area contributed by atoms with Crippen LogP contribution in [-0.2, 0) is 17.0 Å². The number of benzene rings is 2. The molecule has 2 aromatic carbocycles. The van der Waals surface area contributed by atoms with Crippen molar-refractivity contribution >= 4 is 51.4 Å². The van der Waals surface area contributed by atoms with E-state index in [0.29, 0.717) is 15.9 Å². The van der Waals surface area contributed by atoms with E-state index in [1.165, 1.54) is 28.7 Å². The average molecular weight is 470 g/mol. The molecule has 4 aromatic rings. The van der Waals surface area contributed by atoms with Gasteiger partial charge in [0, 0.05) is 23.1 Å². The van der Waals surface area contributed by atoms with Gasteiger partial charge >= 0.3 is 0 Å². The summed E-state index contributed by atoms with van der Waals surface area (Å²) in [5.41, 5.74) is 3.82. The maximum absolute atomic E-state index is 12.3. The predicted molar refractivity (Wildman–Crippen MR) is 127 cm³/mol. The zero-order valence-electron chi connectivity index (χ0n) is 17.0. The third-order valence-electron chi connectivity index (χ3n) is 4.60. The Bertz CT molecular complexity index is 1190. The van der Waals surface area contributed by atoms with E-state index in [1.807, 2.05) is 58.5 Å². The van der Waals surface area contributed by atoms with Gasteiger partial charge in [-0.05, 0) is 42.3 Å². The lowest BCUT2D eigenvalue weighted by molar-refractivity contribution is -0.115. The van der Waals surface area contributed by atoms with Crippen LogP contribution < -0.4 is 4.90 Å². The summed E-state index contributed by atoms with van der Waals surface area (Å²) in [4.78, 5) is 18.7. The number of carbonyl (C=O) groups excluding carboxylic acids is 1. The summed E-state index contributed by atoms with van der Waals surface area (Å²) in [5, 5.41) is 12.3. The van der Waals surface area contributed by atoms with Gasteiger partial charge in [0.05, 0.1) is 17.1 Å². The Hall–Kier alpha value is -2.68. The van der Waals surface area contributed by atoms with Gasteiger partial charge in [-0.15, -0.1) is 21.5 Å². The number of thioether (sulfide) groups is 1. The minimum atomic E-state index is -0.0708. The van der Waals surface area contributed by atoms with E-state index < -0.39 is 0 Å². The quantitative estimate of drug-likeness (QED) is 0.314. The van der Waals surface area contributed by atoms with Crippen molar-refractivity contribution < 1.29 is 4.79 Å². The number of hydrogen-bond donors (Lipinski definition) is 0. The molecule has 0 radical (unpaired) electrons. The first kappa shape index (κ1) is 21.5. The van der Waals surface area contributed by atoms with Crippen LogP contribution in [-0.4, -0.2) is 25.7 Å². The molecule has 0 bridgehead atoms. The van der Waals surface area contributed by atoms with E-state index in [1.54, 1.807) is 18.2 Å². The van der Waals surface area contributed by atoms with E-state index in [4.69, 9.17) is 16.6 Å². The number of thiazole rings is 1. The third-order valence-corrected chi connectivity index (χ3v) is 6.69. The van der Waals surface area contributed by atoms with Crippen molar-refractivity contribution in [1.29, 1.82) is 0 Å². The van der Waals surface area contributed by atoms with Crippen molar-refractivity contribution in [1.82, 2.24) is 19.7 Å². The number of aryl methyl sites for hydroxylation is 1. The number of rotatable bonds is 7. The lowest BCUT2D eigenvalue weighted by Gasteiger charge is -2.18. The molecule has 0 fully saturated rings. The fraction of sp³-hybridized carbons (Fsp3) is 0.182. The SMILES string of the molecule is CCc1ccc(N(C(C)=O)c2nc(CSc3nncn3-c3cccc(Cl)c3)cs2)cc1. The van der Waals surface area contributed by atoms with Crippen LogP contribution in [0.4, 0.5) is 10.8 Å². The molecule has 0 spiro atoms. The molecule has 0 saturated carbocycles. The number of anilines is 2. The Balaban J connectivity index is 1.50. The fourth-order valence-electron chi connectivity index (χ4n) is 3.04. The molecular weight excluding hydrogens is 450 g/mol. The molecule has 0 atom stereocenters. The minimum Gasteiger partial charge on any atom is -0.277 e. The van der Waals surface area contributed by atoms with Crippen LogP contribution in [0.1, 0.15) is 25.1 Å². The van der Waals surface area contributed by atoms with Crippen LogP contribution in [0.3, 0.4) is 0 Å². The molecular formula is C22H20ClN5OS2. The van der Waals surface area contributed by atoms with Crippen LogP contribution >= 0.6 is 34.7 Å². The van der Waals surface area contributed by atoms with Crippen molar-refractivity contribution in [3.63, 3.8) is 0 Å². The van der Waals surface area contributed by atoms with Crippen molar-refractivity contribution in [3.05, 3.63) is 76.5 Å². The summed E-state index contributed by atoms with van der Waals surface area (Å²) in [6, 6.07) is 15.5. The van der Waals surface area contributed by atoms with Crippen LogP contribution in [0.15, 0.2) is 65.4 Å². The first-order valence-electron chi connectivity index (χ1n) is 9.68. The van der Waals surface area contributed by atoms with E-state index >= 15 is 0 Å². The van der Waals surface area contributed by atoms with E-state index in [0.717, 1.165) is 28.6 Å². The molecule has 2 heterocycles. The average Bonchev–Trinajstić information content (AvgIpc) is 3.42. The largest absolute Gasteiger partial charge is 0.277 e. The summed E-state index contributed by atoms with van der Waals surface area (Å²) in [6.45, 7) is 3.66. The van der Waals surface area contributed by atoms with Gasteiger partial charge in [-0.3, -0.25) is 14.3 Å². The number of halogens is 1. The summed E-state index contributed by atoms with van der Waals surface area (Å²) in [6.07, 6.45) is 2.62. The highest BCUT2D eigenvalue weighted by Crippen LogP contribution is 2.31. The van der Waals surface area contributed by atoms with E-state index in [2.05, 4.69) is 17.1 Å². The summed E-state index contributed by atoms with van der Waals surface area (Å²) < 4.78 is 1.89. The number of nitrogens with zero attached hydrogens (tertiary/aromatic N) is 5. The van der Waals surface area contributed by atoms with Gasteiger partial charge in [0.15, 0.2) is 10.3 Å². The van der Waals surface area contributed by atoms with Crippen molar-refractivity contribution in [2.24, 2.45) is 0 Å². The molecule has 31 heavy (non-hydrogen) atoms. The second-order valence-electron chi connectivity index (χ2n) is 6.75. The van der Waals surface area contributed by atoms with Gasteiger partial charge in [-0.2, -0.15) is 0 Å². The normalized spacial score (nSPS) is 10.9. The molecule has 9 heteroatoms. The predicted octanol–water partition coefficient (Wildman–Crippen LogP) is 5.92. The van der Waals surface area contributed by atoms with Gasteiger partial charge in [0.25, 0.3) is 0 Å². The maximum Gasteiger partial charge on any atom is 0.230 e. The first-order valence-corrected chi connectivity index (χ1v) is 11.9. The summed E-state index contributed by atoms with van der Waals surface area (Å²) in [7, 11) is 0. The lowest BCUT2D eigenvalue weighted by atomic mass is 10.1. The molecule has 6 nitrogen and oxygen atoms in total. The molecule has 0 saturated heterocycles. The fourth-order valence-corrected chi connectivity index (χ4v) is 5.04. The Morgan fingerprint density at radius 2 is 2.03 bits per heavy atom. The standard InChI is InChI=1S/C22H20ClN5OS2/c1-3-16-7-9-19(10-8-16)28(15(2)29)21-25-18(12-30-21)13-31-22-26-24-14-27(22)20-6-4-5-17(23)11-20/h4-12,14H,3,13H2,1-2H3. The molecule has 0 aliphatic rings. The Labute approximate surface area is 193 Å². The van der Waals surface area contributed by atoms with Crippen LogP contribution in [0.25, 0.3) is 5.69 Å². The highest BCUT2D eigenvalue weighted by Gasteiger charge is 2.18. The van der Waals surface area contributed by atoms with E-state index in [9.17, 15) is 4.79 Å². The second kappa shape index (κ2) is 9.64. The highest BCUT2D eigenvalue weighted by atomic mass is 35.5. The number of aromatic nitrogens is 4. The van der Waals surface area contributed by atoms with Crippen molar-refractivity contribution in [2.45, 2.75) is 31.2 Å². The van der Waals surface area contributed by atoms with Crippen LogP contribution in [0.5, 0.6) is 0 Å². The van der Waals surface area contributed by atoms with Gasteiger partial charge in [0.1, 0.15) is 6.33 Å². The molecule has 2 aromatic heterocycles. The van der Waals surface area contributed by atoms with E-state index in [-0.39, 0.29) is 5.91 Å². The van der Waals surface area contributed by atoms with Gasteiger partial charge < -0.3 is 0 Å². The molecule has 0 aliphatic heterocycles. The lowest BCUT2D eigenvalue weighted by Crippen LogP contribution is -2.22. The Morgan fingerprint density at radius 1 is 1.23 bits per heavy atom. The molecule has 0 N–H and O–H groups in total. The molecule has 158 valence electrons. The van der Waals surface area contributed by atoms with Gasteiger partial charge in [-0.1, -0.05) is 48.5 Å². The van der Waals surface area contributed by atoms with Crippen molar-refractivity contribution in [2.75, 3.05) is 4.90 Å². The number of amides is 1. The summed E-state index contributed by atoms with van der Waals surface area (Å²) >= 11 is 9.09. The molecule has 4 rings (SSSR count). The number of hydrogen-bond acceptors (Lipinski definition) is 6. The molecule has 1 amide bonds. The zero-order chi connectivity index (χ0) is 21.8. The highest BCUT2D eigenvalue weighted by molar-refractivity contribution is 7.98. The minimum absolute atomic E-state index is 0.0708. The monoisotopic (exact) mass is 469 g/mol. The van der Waals surface area contributed by atoms with Crippen LogP contribution in [0, 0.1) is 0 Å². The Kier molecular flexibility index (Phi) is 6.70. The first-order chi connectivity index (χ1) is 15.0. The third kappa shape index (κ3) is 4.98. The van der Waals surface area contributed by atoms with Crippen molar-refractivity contribution in [3.8, 4) is 5.69 Å². The Morgan fingerprint density at radius 3 is 2.74 bits per heavy atom. The maximum atomic E-state index is 12.3. The van der Waals surface area contributed by atoms with Gasteiger partial charge in [0.2, 0.25) is 5.91 Å². The topological polar surface area (TPSA) is 63.9 Å². The zero-order valence-corrected chi connectivity index (χ0v) is 19.4. The molecule has 0 aliphatic carbocycles. The van der Waals surface area contributed by atoms with Gasteiger partial charge in [-0.25, -0.2) is 4.98 Å².